The van der Waals surface area contributed by atoms with Gasteiger partial charge < -0.3 is 9.64 Å². The van der Waals surface area contributed by atoms with Crippen molar-refractivity contribution < 1.29 is 9.53 Å². The first-order valence-corrected chi connectivity index (χ1v) is 10.3. The molecular formula is C25H31N3O2. The number of methoxy groups -OCH3 is 1. The number of ether oxygens (including phenoxy) is 1. The molecule has 1 heterocycles. The normalized spacial score (nSPS) is 15.2. The van der Waals surface area contributed by atoms with E-state index in [2.05, 4.69) is 75.2 Å². The van der Waals surface area contributed by atoms with Crippen molar-refractivity contribution in [1.82, 2.24) is 5.43 Å². The molecule has 0 atom stereocenters. The molecule has 0 radical (unpaired) electrons. The number of rotatable bonds is 5. The molecule has 30 heavy (non-hydrogen) atoms. The molecule has 1 aliphatic heterocycles. The van der Waals surface area contributed by atoms with Gasteiger partial charge >= 0.3 is 0 Å². The summed E-state index contributed by atoms with van der Waals surface area (Å²) in [5.41, 5.74) is 8.79. The van der Waals surface area contributed by atoms with Gasteiger partial charge in [-0.25, -0.2) is 5.43 Å². The highest BCUT2D eigenvalue weighted by molar-refractivity contribution is 5.97. The van der Waals surface area contributed by atoms with Crippen LogP contribution >= 0.6 is 0 Å². The van der Waals surface area contributed by atoms with Crippen LogP contribution in [0.3, 0.4) is 0 Å². The van der Waals surface area contributed by atoms with Crippen molar-refractivity contribution in [2.75, 3.05) is 12.0 Å². The van der Waals surface area contributed by atoms with E-state index in [1.54, 1.807) is 31.5 Å². The van der Waals surface area contributed by atoms with Crippen LogP contribution in [0, 0.1) is 6.92 Å². The lowest BCUT2D eigenvalue weighted by molar-refractivity contribution is 0.0952. The average molecular weight is 406 g/mol. The second kappa shape index (κ2) is 8.34. The Morgan fingerprint density at radius 3 is 2.57 bits per heavy atom. The first kappa shape index (κ1) is 21.6. The summed E-state index contributed by atoms with van der Waals surface area (Å²) in [6, 6.07) is 11.8. The molecule has 158 valence electrons. The minimum atomic E-state index is -0.303. The van der Waals surface area contributed by atoms with E-state index in [4.69, 9.17) is 4.74 Å². The standard InChI is InChI=1S/C25H31N3O2/c1-16(2)28-22-12-17(3)19(13-21(22)18(4)14-25(28,5)6)15-26-27-24(29)20-10-8-9-11-23(20)30-7/h8-16H,1-7H3,(H,27,29)/b26-15-. The van der Waals surface area contributed by atoms with Gasteiger partial charge in [0.25, 0.3) is 5.91 Å². The van der Waals surface area contributed by atoms with E-state index in [1.807, 2.05) is 6.07 Å². The van der Waals surface area contributed by atoms with E-state index in [1.165, 1.54) is 16.8 Å². The van der Waals surface area contributed by atoms with Crippen molar-refractivity contribution in [3.63, 3.8) is 0 Å². The second-order valence-corrected chi connectivity index (χ2v) is 8.57. The van der Waals surface area contributed by atoms with Gasteiger partial charge in [0.05, 0.1) is 24.4 Å². The van der Waals surface area contributed by atoms with Crippen LogP contribution in [0.4, 0.5) is 5.69 Å². The summed E-state index contributed by atoms with van der Waals surface area (Å²) in [7, 11) is 1.55. The molecule has 0 fully saturated rings. The van der Waals surface area contributed by atoms with Gasteiger partial charge in [-0.1, -0.05) is 18.2 Å². The summed E-state index contributed by atoms with van der Waals surface area (Å²) < 4.78 is 5.25. The number of nitrogens with one attached hydrogen (secondary N) is 1. The topological polar surface area (TPSA) is 53.9 Å². The number of hydrogen-bond donors (Lipinski definition) is 1. The number of hydrogen-bond acceptors (Lipinski definition) is 4. The zero-order valence-corrected chi connectivity index (χ0v) is 18.9. The minimum absolute atomic E-state index is 0.0456. The summed E-state index contributed by atoms with van der Waals surface area (Å²) in [4.78, 5) is 14.9. The van der Waals surface area contributed by atoms with Crippen molar-refractivity contribution >= 4 is 23.4 Å². The van der Waals surface area contributed by atoms with Gasteiger partial charge in [-0.15, -0.1) is 0 Å². The van der Waals surface area contributed by atoms with E-state index in [0.717, 1.165) is 11.1 Å². The summed E-state index contributed by atoms with van der Waals surface area (Å²) in [5.74, 6) is 0.218. The quantitative estimate of drug-likeness (QED) is 0.551. The highest BCUT2D eigenvalue weighted by Crippen LogP contribution is 2.41. The predicted octanol–water partition coefficient (Wildman–Crippen LogP) is 5.18. The molecule has 0 bridgehead atoms. The number of carbonyl (C=O) groups is 1. The number of fused-ring (bicyclic) bond motifs is 1. The number of amides is 1. The molecule has 0 spiro atoms. The number of anilines is 1. The van der Waals surface area contributed by atoms with Gasteiger partial charge in [0.2, 0.25) is 0 Å². The van der Waals surface area contributed by atoms with E-state index >= 15 is 0 Å². The lowest BCUT2D eigenvalue weighted by atomic mass is 9.86. The molecule has 2 aromatic carbocycles. The van der Waals surface area contributed by atoms with Crippen LogP contribution in [-0.2, 0) is 0 Å². The van der Waals surface area contributed by atoms with E-state index in [-0.39, 0.29) is 11.4 Å². The Hall–Kier alpha value is -3.08. The zero-order valence-electron chi connectivity index (χ0n) is 18.9. The molecule has 0 saturated carbocycles. The van der Waals surface area contributed by atoms with E-state index in [0.29, 0.717) is 17.4 Å². The zero-order chi connectivity index (χ0) is 22.1. The number of benzene rings is 2. The summed E-state index contributed by atoms with van der Waals surface area (Å²) in [6.07, 6.45) is 4.02. The highest BCUT2D eigenvalue weighted by Gasteiger charge is 2.33. The third-order valence-corrected chi connectivity index (χ3v) is 5.50. The molecule has 1 N–H and O–H groups in total. The SMILES string of the molecule is COc1ccccc1C(=O)N/N=C\c1cc2c(cc1C)N(C(C)C)C(C)(C)C=C2C. The number of para-hydroxylation sites is 1. The van der Waals surface area contributed by atoms with Crippen LogP contribution < -0.4 is 15.1 Å². The summed E-state index contributed by atoms with van der Waals surface area (Å²) >= 11 is 0. The lowest BCUT2D eigenvalue weighted by Gasteiger charge is -2.46. The third-order valence-electron chi connectivity index (χ3n) is 5.50. The maximum atomic E-state index is 12.5. The largest absolute Gasteiger partial charge is 0.496 e. The molecule has 5 heteroatoms. The number of nitrogens with zero attached hydrogens (tertiary/aromatic N) is 2. The molecular weight excluding hydrogens is 374 g/mol. The number of carbonyl (C=O) groups excluding carboxylic acids is 1. The first-order valence-electron chi connectivity index (χ1n) is 10.3. The molecule has 0 saturated heterocycles. The molecule has 2 aromatic rings. The molecule has 3 rings (SSSR count). The van der Waals surface area contributed by atoms with Crippen LogP contribution in [0.2, 0.25) is 0 Å². The molecule has 1 aliphatic rings. The van der Waals surface area contributed by atoms with E-state index in [9.17, 15) is 4.79 Å². The van der Waals surface area contributed by atoms with Gasteiger partial charge in [0.15, 0.2) is 0 Å². The van der Waals surface area contributed by atoms with Crippen LogP contribution in [0.1, 0.15) is 61.7 Å². The number of allylic oxidation sites excluding steroid dienone is 1. The van der Waals surface area contributed by atoms with Crippen molar-refractivity contribution in [3.05, 3.63) is 64.7 Å². The van der Waals surface area contributed by atoms with Crippen LogP contribution in [0.5, 0.6) is 5.75 Å². The molecule has 1 amide bonds. The molecule has 0 aliphatic carbocycles. The Labute approximate surface area is 179 Å². The lowest BCUT2D eigenvalue weighted by Crippen LogP contribution is -2.49. The Kier molecular flexibility index (Phi) is 6.01. The van der Waals surface area contributed by atoms with Gasteiger partial charge in [0.1, 0.15) is 5.75 Å². The van der Waals surface area contributed by atoms with Crippen molar-refractivity contribution in [2.45, 2.75) is 53.1 Å². The van der Waals surface area contributed by atoms with Gasteiger partial charge in [-0.2, -0.15) is 5.10 Å². The third kappa shape index (κ3) is 4.11. The molecule has 0 unspecified atom stereocenters. The molecule has 5 nitrogen and oxygen atoms in total. The van der Waals surface area contributed by atoms with Crippen LogP contribution in [0.25, 0.3) is 5.57 Å². The van der Waals surface area contributed by atoms with Crippen molar-refractivity contribution in [1.29, 1.82) is 0 Å². The monoisotopic (exact) mass is 405 g/mol. The summed E-state index contributed by atoms with van der Waals surface area (Å²) in [6.45, 7) is 13.2. The Balaban J connectivity index is 1.88. The van der Waals surface area contributed by atoms with Crippen molar-refractivity contribution in [3.8, 4) is 5.75 Å². The minimum Gasteiger partial charge on any atom is -0.496 e. The Morgan fingerprint density at radius 2 is 1.90 bits per heavy atom. The van der Waals surface area contributed by atoms with E-state index < -0.39 is 0 Å². The summed E-state index contributed by atoms with van der Waals surface area (Å²) in [5, 5.41) is 4.20. The fraction of sp³-hybridized carbons (Fsp3) is 0.360. The van der Waals surface area contributed by atoms with Gasteiger partial charge in [-0.3, -0.25) is 4.79 Å². The Bertz CT molecular complexity index is 1020. The fourth-order valence-electron chi connectivity index (χ4n) is 4.35. The smallest absolute Gasteiger partial charge is 0.275 e. The van der Waals surface area contributed by atoms with Gasteiger partial charge in [0, 0.05) is 17.3 Å². The number of aryl methyl sites for hydroxylation is 1. The average Bonchev–Trinajstić information content (AvgIpc) is 2.67. The van der Waals surface area contributed by atoms with Crippen LogP contribution in [-0.4, -0.2) is 30.8 Å². The number of hydrazone groups is 1. The molecule has 0 aromatic heterocycles. The van der Waals surface area contributed by atoms with Gasteiger partial charge in [-0.05, 0) is 82.5 Å². The predicted molar refractivity (Wildman–Crippen MR) is 125 cm³/mol. The fourth-order valence-corrected chi connectivity index (χ4v) is 4.35. The first-order chi connectivity index (χ1) is 14.2. The maximum absolute atomic E-state index is 12.5. The van der Waals surface area contributed by atoms with Crippen molar-refractivity contribution in [2.24, 2.45) is 5.10 Å². The Morgan fingerprint density at radius 1 is 1.20 bits per heavy atom. The van der Waals surface area contributed by atoms with Crippen LogP contribution in [0.15, 0.2) is 47.6 Å². The highest BCUT2D eigenvalue weighted by atomic mass is 16.5. The second-order valence-electron chi connectivity index (χ2n) is 8.57. The maximum Gasteiger partial charge on any atom is 0.275 e.